The molecule has 3 nitrogen and oxygen atoms in total. The highest BCUT2D eigenvalue weighted by atomic mass is 35.5. The van der Waals surface area contributed by atoms with Crippen LogP contribution in [-0.2, 0) is 18.9 Å². The van der Waals surface area contributed by atoms with Crippen LogP contribution >= 0.6 is 11.6 Å². The van der Waals surface area contributed by atoms with Crippen LogP contribution in [0.25, 0.3) is 0 Å². The zero-order valence-corrected chi connectivity index (χ0v) is 19.9. The number of nitrogens with zero attached hydrogens (tertiary/aromatic N) is 2. The van der Waals surface area contributed by atoms with E-state index in [1.807, 2.05) is 0 Å². The maximum atomic E-state index is 13.3. The molecule has 0 aromatic heterocycles. The summed E-state index contributed by atoms with van der Waals surface area (Å²) in [6.45, 7) is 3.53. The average molecular weight is 501 g/mol. The van der Waals surface area contributed by atoms with Gasteiger partial charge in [-0.15, -0.1) is 0 Å². The summed E-state index contributed by atoms with van der Waals surface area (Å²) < 4.78 is 79.6. The number of alkyl halides is 7. The van der Waals surface area contributed by atoms with Crippen LogP contribution in [0.3, 0.4) is 0 Å². The Morgan fingerprint density at radius 3 is 1.91 bits per heavy atom. The SMILES string of the molecule is CCCCCCCCC1N(Cc2cc(C(F)(F)F)cc(C(F)(F)F)c2)C(=O)N(C)C1(Cl)CC. The van der Waals surface area contributed by atoms with Crippen molar-refractivity contribution in [2.24, 2.45) is 0 Å². The van der Waals surface area contributed by atoms with Gasteiger partial charge in [-0.3, -0.25) is 0 Å². The van der Waals surface area contributed by atoms with Crippen molar-refractivity contribution in [3.8, 4) is 0 Å². The molecule has 1 fully saturated rings. The van der Waals surface area contributed by atoms with Gasteiger partial charge in [0.15, 0.2) is 0 Å². The molecule has 1 aliphatic rings. The molecule has 33 heavy (non-hydrogen) atoms. The summed E-state index contributed by atoms with van der Waals surface area (Å²) in [5, 5.41) is 0. The number of hydrogen-bond acceptors (Lipinski definition) is 1. The van der Waals surface area contributed by atoms with E-state index in [0.717, 1.165) is 38.5 Å². The Bertz CT molecular complexity index is 781. The van der Waals surface area contributed by atoms with E-state index in [2.05, 4.69) is 6.92 Å². The zero-order chi connectivity index (χ0) is 25.0. The predicted molar refractivity (Wildman–Crippen MR) is 116 cm³/mol. The smallest absolute Gasteiger partial charge is 0.314 e. The number of hydrogen-bond donors (Lipinski definition) is 0. The van der Waals surface area contributed by atoms with E-state index in [0.29, 0.717) is 25.0 Å². The second-order valence-corrected chi connectivity index (χ2v) is 9.28. The van der Waals surface area contributed by atoms with Crippen LogP contribution in [0.1, 0.15) is 81.9 Å². The first kappa shape index (κ1) is 27.6. The summed E-state index contributed by atoms with van der Waals surface area (Å²) in [4.78, 5) is 14.5. The van der Waals surface area contributed by atoms with Crippen molar-refractivity contribution in [1.29, 1.82) is 0 Å². The van der Waals surface area contributed by atoms with E-state index in [4.69, 9.17) is 11.6 Å². The van der Waals surface area contributed by atoms with E-state index in [1.165, 1.54) is 16.8 Å². The Morgan fingerprint density at radius 1 is 0.909 bits per heavy atom. The highest BCUT2D eigenvalue weighted by molar-refractivity contribution is 6.26. The molecule has 2 rings (SSSR count). The van der Waals surface area contributed by atoms with Gasteiger partial charge in [0.05, 0.1) is 17.2 Å². The molecule has 0 saturated carbocycles. The second-order valence-electron chi connectivity index (χ2n) is 8.63. The highest BCUT2D eigenvalue weighted by Gasteiger charge is 2.53. The molecule has 1 saturated heterocycles. The summed E-state index contributed by atoms with van der Waals surface area (Å²) in [5.41, 5.74) is -3.02. The van der Waals surface area contributed by atoms with Crippen molar-refractivity contribution in [2.75, 3.05) is 7.05 Å². The van der Waals surface area contributed by atoms with E-state index >= 15 is 0 Å². The van der Waals surface area contributed by atoms with Crippen LogP contribution in [0.4, 0.5) is 31.1 Å². The number of likely N-dealkylation sites (N-methyl/N-ethyl adjacent to an activating group) is 1. The van der Waals surface area contributed by atoms with Crippen molar-refractivity contribution in [2.45, 2.75) is 95.2 Å². The summed E-state index contributed by atoms with van der Waals surface area (Å²) >= 11 is 6.80. The van der Waals surface area contributed by atoms with Crippen LogP contribution in [-0.4, -0.2) is 33.9 Å². The lowest BCUT2D eigenvalue weighted by Crippen LogP contribution is -2.45. The van der Waals surface area contributed by atoms with Gasteiger partial charge < -0.3 is 9.80 Å². The summed E-state index contributed by atoms with van der Waals surface area (Å²) in [6.07, 6.45) is -2.96. The molecular formula is C23H31ClF6N2O. The molecule has 0 spiro atoms. The summed E-state index contributed by atoms with van der Waals surface area (Å²) in [6, 6.07) is 0.396. The molecule has 2 unspecified atom stereocenters. The largest absolute Gasteiger partial charge is 0.416 e. The third-order valence-electron chi connectivity index (χ3n) is 6.30. The molecule has 1 aromatic carbocycles. The monoisotopic (exact) mass is 500 g/mol. The number of carbonyl (C=O) groups is 1. The fourth-order valence-electron chi connectivity index (χ4n) is 4.40. The Kier molecular flexibility index (Phi) is 8.98. The first-order valence-corrected chi connectivity index (χ1v) is 11.6. The van der Waals surface area contributed by atoms with Gasteiger partial charge in [0, 0.05) is 13.6 Å². The standard InChI is InChI=1S/C23H31ClF6N2O/c1-4-6-7-8-9-10-11-19-21(24,5-2)31(3)20(33)32(19)15-16-12-17(22(25,26)27)14-18(13-16)23(28,29)30/h12-14,19H,4-11,15H2,1-3H3. The van der Waals surface area contributed by atoms with Crippen LogP contribution in [0.2, 0.25) is 0 Å². The molecular weight excluding hydrogens is 470 g/mol. The Labute approximate surface area is 196 Å². The third kappa shape index (κ3) is 6.49. The fourth-order valence-corrected chi connectivity index (χ4v) is 4.70. The van der Waals surface area contributed by atoms with Gasteiger partial charge in [0.25, 0.3) is 0 Å². The third-order valence-corrected chi connectivity index (χ3v) is 7.08. The van der Waals surface area contributed by atoms with Gasteiger partial charge in [-0.1, -0.05) is 64.0 Å². The predicted octanol–water partition coefficient (Wildman–Crippen LogP) is 8.06. The maximum absolute atomic E-state index is 13.3. The minimum atomic E-state index is -4.95. The fraction of sp³-hybridized carbons (Fsp3) is 0.696. The topological polar surface area (TPSA) is 23.6 Å². The van der Waals surface area contributed by atoms with Crippen LogP contribution < -0.4 is 0 Å². The number of rotatable bonds is 10. The van der Waals surface area contributed by atoms with E-state index in [-0.39, 0.29) is 18.2 Å². The minimum Gasteiger partial charge on any atom is -0.314 e. The van der Waals surface area contributed by atoms with Gasteiger partial charge in [0.2, 0.25) is 0 Å². The number of urea groups is 1. The molecule has 1 heterocycles. The molecule has 0 radical (unpaired) electrons. The van der Waals surface area contributed by atoms with Gasteiger partial charge >= 0.3 is 18.4 Å². The van der Waals surface area contributed by atoms with Crippen molar-refractivity contribution >= 4 is 17.6 Å². The van der Waals surface area contributed by atoms with Gasteiger partial charge in [-0.05, 0) is 36.6 Å². The van der Waals surface area contributed by atoms with Gasteiger partial charge in [0.1, 0.15) is 5.00 Å². The van der Waals surface area contributed by atoms with Crippen LogP contribution in [0.5, 0.6) is 0 Å². The van der Waals surface area contributed by atoms with E-state index in [1.54, 1.807) is 6.92 Å². The number of benzene rings is 1. The molecule has 2 amide bonds. The normalized spacial score (nSPS) is 21.9. The lowest BCUT2D eigenvalue weighted by atomic mass is 9.96. The zero-order valence-electron chi connectivity index (χ0n) is 19.1. The second kappa shape index (κ2) is 10.7. The summed E-state index contributed by atoms with van der Waals surface area (Å²) in [5.74, 6) is 0. The van der Waals surface area contributed by atoms with E-state index < -0.39 is 40.6 Å². The van der Waals surface area contributed by atoms with Gasteiger partial charge in [-0.2, -0.15) is 26.3 Å². The Balaban J connectivity index is 2.33. The van der Waals surface area contributed by atoms with Crippen LogP contribution in [0, 0.1) is 0 Å². The van der Waals surface area contributed by atoms with Crippen molar-refractivity contribution in [3.63, 3.8) is 0 Å². The lowest BCUT2D eigenvalue weighted by molar-refractivity contribution is -0.143. The number of amides is 2. The quantitative estimate of drug-likeness (QED) is 0.138. The maximum Gasteiger partial charge on any atom is 0.416 e. The molecule has 0 bridgehead atoms. The minimum absolute atomic E-state index is 0.0904. The molecule has 188 valence electrons. The van der Waals surface area contributed by atoms with Gasteiger partial charge in [-0.25, -0.2) is 4.79 Å². The first-order valence-electron chi connectivity index (χ1n) is 11.3. The van der Waals surface area contributed by atoms with Crippen molar-refractivity contribution in [3.05, 3.63) is 34.9 Å². The molecule has 0 N–H and O–H groups in total. The molecule has 1 aliphatic heterocycles. The molecule has 10 heteroatoms. The number of unbranched alkanes of at least 4 members (excludes halogenated alkanes) is 5. The molecule has 1 aromatic rings. The highest BCUT2D eigenvalue weighted by Crippen LogP contribution is 2.42. The van der Waals surface area contributed by atoms with Crippen molar-refractivity contribution < 1.29 is 31.1 Å². The lowest BCUT2D eigenvalue weighted by Gasteiger charge is -2.34. The van der Waals surface area contributed by atoms with E-state index in [9.17, 15) is 31.1 Å². The van der Waals surface area contributed by atoms with Crippen molar-refractivity contribution in [1.82, 2.24) is 9.80 Å². The number of carbonyl (C=O) groups excluding carboxylic acids is 1. The van der Waals surface area contributed by atoms with Crippen LogP contribution in [0.15, 0.2) is 18.2 Å². The Hall–Kier alpha value is -1.64. The Morgan fingerprint density at radius 2 is 1.42 bits per heavy atom. The average Bonchev–Trinajstić information content (AvgIpc) is 2.90. The molecule has 0 aliphatic carbocycles. The number of halogens is 7. The first-order chi connectivity index (χ1) is 15.3. The molecule has 2 atom stereocenters. The summed E-state index contributed by atoms with van der Waals surface area (Å²) in [7, 11) is 1.51.